The van der Waals surface area contributed by atoms with Crippen molar-refractivity contribution in [3.8, 4) is 5.75 Å². The van der Waals surface area contributed by atoms with E-state index in [0.29, 0.717) is 16.9 Å². The van der Waals surface area contributed by atoms with Crippen molar-refractivity contribution in [3.05, 3.63) is 65.0 Å². The summed E-state index contributed by atoms with van der Waals surface area (Å²) in [7, 11) is -2.32. The molecular formula is C16H15ClN2O4S. The number of sulfonamides is 1. The molecule has 0 bridgehead atoms. The van der Waals surface area contributed by atoms with Crippen LogP contribution in [0.1, 0.15) is 11.1 Å². The highest BCUT2D eigenvalue weighted by molar-refractivity contribution is 7.89. The molecule has 1 aromatic heterocycles. The number of carbonyl (C=O) groups is 1. The molecule has 1 amide bonds. The lowest BCUT2D eigenvalue weighted by atomic mass is 10.2. The van der Waals surface area contributed by atoms with Crippen molar-refractivity contribution < 1.29 is 17.9 Å². The third-order valence-electron chi connectivity index (χ3n) is 2.95. The summed E-state index contributed by atoms with van der Waals surface area (Å²) >= 11 is 5.64. The van der Waals surface area contributed by atoms with E-state index in [4.69, 9.17) is 16.3 Å². The Hall–Kier alpha value is -2.38. The summed E-state index contributed by atoms with van der Waals surface area (Å²) in [6.45, 7) is 0. The lowest BCUT2D eigenvalue weighted by Crippen LogP contribution is -2.30. The van der Waals surface area contributed by atoms with Crippen LogP contribution in [0.4, 0.5) is 0 Å². The van der Waals surface area contributed by atoms with Crippen molar-refractivity contribution in [1.29, 1.82) is 0 Å². The van der Waals surface area contributed by atoms with E-state index in [1.807, 2.05) is 4.72 Å². The van der Waals surface area contributed by atoms with Crippen molar-refractivity contribution in [3.63, 3.8) is 0 Å². The number of nitrogens with one attached hydrogen (secondary N) is 1. The van der Waals surface area contributed by atoms with Gasteiger partial charge in [-0.3, -0.25) is 4.79 Å². The number of hydrogen-bond acceptors (Lipinski definition) is 5. The Balaban J connectivity index is 2.02. The van der Waals surface area contributed by atoms with Crippen LogP contribution in [0.15, 0.2) is 48.7 Å². The molecule has 0 radical (unpaired) electrons. The van der Waals surface area contributed by atoms with Crippen LogP contribution in [0.2, 0.25) is 5.15 Å². The Labute approximate surface area is 145 Å². The average molecular weight is 367 g/mol. The Morgan fingerprint density at radius 2 is 2.04 bits per heavy atom. The van der Waals surface area contributed by atoms with Crippen molar-refractivity contribution in [2.45, 2.75) is 5.75 Å². The summed E-state index contributed by atoms with van der Waals surface area (Å²) in [6, 6.07) is 10.1. The van der Waals surface area contributed by atoms with Crippen LogP contribution in [-0.4, -0.2) is 26.4 Å². The van der Waals surface area contributed by atoms with Crippen LogP contribution >= 0.6 is 11.6 Å². The van der Waals surface area contributed by atoms with Gasteiger partial charge in [-0.15, -0.1) is 0 Å². The highest BCUT2D eigenvalue weighted by Crippen LogP contribution is 2.18. The molecule has 0 unspecified atom stereocenters. The zero-order valence-corrected chi connectivity index (χ0v) is 14.3. The second-order valence-electron chi connectivity index (χ2n) is 4.79. The number of ether oxygens (including phenoxy) is 1. The van der Waals surface area contributed by atoms with Crippen LogP contribution in [0.5, 0.6) is 5.75 Å². The number of benzene rings is 1. The minimum absolute atomic E-state index is 0.264. The van der Waals surface area contributed by atoms with Gasteiger partial charge in [-0.2, -0.15) is 0 Å². The Morgan fingerprint density at radius 3 is 2.71 bits per heavy atom. The largest absolute Gasteiger partial charge is 0.496 e. The third kappa shape index (κ3) is 5.36. The number of methoxy groups -OCH3 is 1. The molecule has 0 saturated carbocycles. The van der Waals surface area contributed by atoms with Gasteiger partial charge in [0.2, 0.25) is 10.0 Å². The molecule has 0 aliphatic heterocycles. The molecule has 1 heterocycles. The number of hydrogen-bond donors (Lipinski definition) is 1. The van der Waals surface area contributed by atoms with Gasteiger partial charge in [-0.1, -0.05) is 35.9 Å². The molecule has 0 spiro atoms. The van der Waals surface area contributed by atoms with E-state index in [1.165, 1.54) is 31.5 Å². The average Bonchev–Trinajstić information content (AvgIpc) is 2.54. The second kappa shape index (κ2) is 7.94. The Morgan fingerprint density at radius 1 is 1.29 bits per heavy atom. The number of carbonyl (C=O) groups excluding carboxylic acids is 1. The first kappa shape index (κ1) is 18.0. The van der Waals surface area contributed by atoms with E-state index in [-0.39, 0.29) is 10.9 Å². The third-order valence-corrected chi connectivity index (χ3v) is 4.40. The maximum Gasteiger partial charge on any atom is 0.257 e. The highest BCUT2D eigenvalue weighted by Gasteiger charge is 2.14. The van der Waals surface area contributed by atoms with Crippen LogP contribution in [-0.2, 0) is 20.6 Å². The summed E-state index contributed by atoms with van der Waals surface area (Å²) in [5.41, 5.74) is 1.09. The lowest BCUT2D eigenvalue weighted by Gasteiger charge is -2.05. The number of amides is 1. The molecule has 1 N–H and O–H groups in total. The molecule has 0 aliphatic rings. The predicted octanol–water partition coefficient (Wildman–Crippen LogP) is 2.40. The molecule has 2 aromatic rings. The van der Waals surface area contributed by atoms with Gasteiger partial charge in [0.05, 0.1) is 12.9 Å². The van der Waals surface area contributed by atoms with Gasteiger partial charge >= 0.3 is 0 Å². The molecule has 126 valence electrons. The van der Waals surface area contributed by atoms with Crippen LogP contribution < -0.4 is 9.46 Å². The van der Waals surface area contributed by atoms with Gasteiger partial charge in [0.1, 0.15) is 10.9 Å². The molecule has 0 saturated heterocycles. The first-order valence-corrected chi connectivity index (χ1v) is 8.88. The molecule has 6 nitrogen and oxygen atoms in total. The topological polar surface area (TPSA) is 85.4 Å². The van der Waals surface area contributed by atoms with Gasteiger partial charge < -0.3 is 4.74 Å². The van der Waals surface area contributed by atoms with E-state index in [2.05, 4.69) is 4.98 Å². The minimum atomic E-state index is -3.83. The molecule has 0 atom stereocenters. The number of para-hydroxylation sites is 1. The van der Waals surface area contributed by atoms with Crippen LogP contribution in [0.3, 0.4) is 0 Å². The number of aromatic nitrogens is 1. The van der Waals surface area contributed by atoms with Gasteiger partial charge in [-0.05, 0) is 23.8 Å². The molecule has 1 aromatic carbocycles. The van der Waals surface area contributed by atoms with Gasteiger partial charge in [-0.25, -0.2) is 18.1 Å². The summed E-state index contributed by atoms with van der Waals surface area (Å²) < 4.78 is 31.1. The quantitative estimate of drug-likeness (QED) is 0.626. The Bertz CT molecular complexity index is 849. The molecule has 0 aliphatic carbocycles. The van der Waals surface area contributed by atoms with E-state index < -0.39 is 15.9 Å². The van der Waals surface area contributed by atoms with E-state index in [0.717, 1.165) is 6.08 Å². The molecule has 2 rings (SSSR count). The van der Waals surface area contributed by atoms with Gasteiger partial charge in [0, 0.05) is 17.8 Å². The van der Waals surface area contributed by atoms with E-state index in [9.17, 15) is 13.2 Å². The fraction of sp³-hybridized carbons (Fsp3) is 0.125. The van der Waals surface area contributed by atoms with Crippen LogP contribution in [0.25, 0.3) is 6.08 Å². The maximum absolute atomic E-state index is 12.0. The molecule has 8 heteroatoms. The normalized spacial score (nSPS) is 11.4. The summed E-state index contributed by atoms with van der Waals surface area (Å²) in [5.74, 6) is -0.537. The number of rotatable bonds is 6. The number of halogens is 1. The molecular weight excluding hydrogens is 352 g/mol. The zero-order valence-electron chi connectivity index (χ0n) is 12.8. The summed E-state index contributed by atoms with van der Waals surface area (Å²) in [6.07, 6.45) is 3.96. The van der Waals surface area contributed by atoms with Crippen LogP contribution in [0, 0.1) is 0 Å². The van der Waals surface area contributed by atoms with Crippen molar-refractivity contribution in [2.24, 2.45) is 0 Å². The summed E-state index contributed by atoms with van der Waals surface area (Å²) in [5, 5.41) is 0.264. The van der Waals surface area contributed by atoms with Crippen molar-refractivity contribution in [1.82, 2.24) is 9.71 Å². The van der Waals surface area contributed by atoms with E-state index in [1.54, 1.807) is 24.3 Å². The first-order chi connectivity index (χ1) is 11.4. The van der Waals surface area contributed by atoms with Crippen molar-refractivity contribution in [2.75, 3.05) is 7.11 Å². The molecule has 24 heavy (non-hydrogen) atoms. The number of nitrogens with zero attached hydrogens (tertiary/aromatic N) is 1. The SMILES string of the molecule is COc1ccccc1/C=C/C(=O)NS(=O)(=O)Cc1ccc(Cl)nc1. The fourth-order valence-electron chi connectivity index (χ4n) is 1.90. The minimum Gasteiger partial charge on any atom is -0.496 e. The maximum atomic E-state index is 12.0. The highest BCUT2D eigenvalue weighted by atomic mass is 35.5. The standard InChI is InChI=1S/C16H15ClN2O4S/c1-23-14-5-3-2-4-13(14)7-9-16(20)19-24(21,22)11-12-6-8-15(17)18-10-12/h2-10H,11H2,1H3,(H,19,20)/b9-7+. The fourth-order valence-corrected chi connectivity index (χ4v) is 3.07. The van der Waals surface area contributed by atoms with Gasteiger partial charge in [0.25, 0.3) is 5.91 Å². The Kier molecular flexibility index (Phi) is 5.94. The van der Waals surface area contributed by atoms with Crippen molar-refractivity contribution >= 4 is 33.6 Å². The van der Waals surface area contributed by atoms with E-state index >= 15 is 0 Å². The monoisotopic (exact) mass is 366 g/mol. The number of pyridine rings is 1. The second-order valence-corrected chi connectivity index (χ2v) is 6.90. The summed E-state index contributed by atoms with van der Waals surface area (Å²) in [4.78, 5) is 15.6. The van der Waals surface area contributed by atoms with Gasteiger partial charge in [0.15, 0.2) is 0 Å². The first-order valence-electron chi connectivity index (χ1n) is 6.85. The predicted molar refractivity (Wildman–Crippen MR) is 92.0 cm³/mol. The smallest absolute Gasteiger partial charge is 0.257 e. The lowest BCUT2D eigenvalue weighted by molar-refractivity contribution is -0.114. The zero-order chi connectivity index (χ0) is 17.6. The molecule has 0 fully saturated rings.